The van der Waals surface area contributed by atoms with Crippen LogP contribution in [0.5, 0.6) is 0 Å². The van der Waals surface area contributed by atoms with E-state index in [1.54, 1.807) is 0 Å². The van der Waals surface area contributed by atoms with Gasteiger partial charge in [-0.1, -0.05) is 106 Å². The van der Waals surface area contributed by atoms with Gasteiger partial charge in [-0.05, 0) is 151 Å². The summed E-state index contributed by atoms with van der Waals surface area (Å²) in [4.78, 5) is 23.5. The van der Waals surface area contributed by atoms with Crippen LogP contribution in [0.1, 0.15) is 104 Å². The zero-order valence-corrected chi connectivity index (χ0v) is 47.1. The van der Waals surface area contributed by atoms with Gasteiger partial charge in [0.2, 0.25) is 0 Å². The molecular weight excluding hydrogens is 905 g/mol. The number of nitrogens with one attached hydrogen (secondary N) is 4. The highest BCUT2D eigenvalue weighted by Crippen LogP contribution is 2.31. The molecule has 4 N–H and O–H groups in total. The third kappa shape index (κ3) is 17.8. The average molecular weight is 1000 g/mol. The van der Waals surface area contributed by atoms with E-state index in [2.05, 4.69) is 237 Å². The van der Waals surface area contributed by atoms with Gasteiger partial charge in [0.05, 0.1) is 0 Å². The number of aromatic nitrogens is 4. The summed E-state index contributed by atoms with van der Waals surface area (Å²) in [5.74, 6) is 1.70. The second-order valence-electron chi connectivity index (χ2n) is 21.9. The molecular formula is C66H94N8. The largest absolute Gasteiger partial charge is 0.361 e. The molecule has 0 unspecified atom stereocenters. The maximum absolute atomic E-state index is 3.83. The molecule has 9 rings (SSSR count). The van der Waals surface area contributed by atoms with Gasteiger partial charge in [0, 0.05) is 139 Å². The first-order valence-electron chi connectivity index (χ1n) is 28.2. The topological polar surface area (TPSA) is 76.1 Å². The molecule has 4 aromatic carbocycles. The molecule has 74 heavy (non-hydrogen) atoms. The lowest BCUT2D eigenvalue weighted by Gasteiger charge is -2.28. The number of para-hydroxylation sites is 4. The molecule has 398 valence electrons. The van der Waals surface area contributed by atoms with Crippen LogP contribution in [0.25, 0.3) is 43.6 Å². The second-order valence-corrected chi connectivity index (χ2v) is 21.9. The Bertz CT molecular complexity index is 2740. The summed E-state index contributed by atoms with van der Waals surface area (Å²) in [6.45, 7) is 38.2. The summed E-state index contributed by atoms with van der Waals surface area (Å²) in [6.07, 6.45) is 21.1. The first kappa shape index (κ1) is 57.6. The van der Waals surface area contributed by atoms with E-state index in [1.165, 1.54) is 105 Å². The Kier molecular flexibility index (Phi) is 23.4. The molecule has 0 saturated heterocycles. The van der Waals surface area contributed by atoms with Gasteiger partial charge in [-0.3, -0.25) is 9.80 Å². The minimum absolute atomic E-state index is 0.563. The summed E-state index contributed by atoms with van der Waals surface area (Å²) in [6, 6.07) is 36.0. The van der Waals surface area contributed by atoms with Gasteiger partial charge in [0.15, 0.2) is 0 Å². The van der Waals surface area contributed by atoms with Crippen molar-refractivity contribution in [1.82, 2.24) is 39.5 Å². The Hall–Kier alpha value is -5.64. The van der Waals surface area contributed by atoms with Gasteiger partial charge >= 0.3 is 0 Å². The standard InChI is InChI=1S/C17H24N2.C17H26N2.2C16H22N2/c1-13(2)19(12-14-7-8-14)10-9-15-11-18-17-6-4-3-5-16(15)17;1-13(2)12-19(14(3)4)10-9-15-11-18-17-8-6-5-7-16(15)17;1-4-10-18(13(2)3)11-9-14-12-17-16-8-6-5-7-15(14)16;1-3-10-18(11-4-2)12-9-14-13-17-16-8-6-5-7-15(14)16/h3-6,11,13-14,18H,7-10,12H2,1-2H3;5-8,11,13-14,18H,9-10,12H2,1-4H3;4-8,12-13,17H,1,9-11H2,2-3H3;3,5-8,13,17H,1,4,9-12H2,2H3. The Morgan fingerprint density at radius 1 is 0.459 bits per heavy atom. The maximum atomic E-state index is 3.83. The van der Waals surface area contributed by atoms with E-state index < -0.39 is 0 Å². The third-order valence-corrected chi connectivity index (χ3v) is 14.7. The fraction of sp³-hybridized carbons (Fsp3) is 0.455. The number of nitrogens with zero attached hydrogens (tertiary/aromatic N) is 4. The van der Waals surface area contributed by atoms with Crippen LogP contribution in [0.15, 0.2) is 147 Å². The van der Waals surface area contributed by atoms with Gasteiger partial charge in [-0.25, -0.2) is 0 Å². The number of hydrogen-bond acceptors (Lipinski definition) is 4. The van der Waals surface area contributed by atoms with E-state index in [1.807, 2.05) is 12.2 Å². The maximum Gasteiger partial charge on any atom is 0.0456 e. The first-order valence-corrected chi connectivity index (χ1v) is 28.2. The van der Waals surface area contributed by atoms with Gasteiger partial charge in [0.1, 0.15) is 0 Å². The van der Waals surface area contributed by atoms with Crippen molar-refractivity contribution in [3.63, 3.8) is 0 Å². The molecule has 1 aliphatic carbocycles. The molecule has 0 bridgehead atoms. The van der Waals surface area contributed by atoms with Crippen molar-refractivity contribution in [3.8, 4) is 0 Å². The Labute approximate surface area is 446 Å². The average Bonchev–Trinajstić information content (AvgIpc) is 3.68. The predicted molar refractivity (Wildman–Crippen MR) is 323 cm³/mol. The molecule has 4 heterocycles. The van der Waals surface area contributed by atoms with E-state index in [9.17, 15) is 0 Å². The van der Waals surface area contributed by atoms with Crippen molar-refractivity contribution in [3.05, 3.63) is 169 Å². The van der Waals surface area contributed by atoms with Crippen LogP contribution in [0, 0.1) is 11.8 Å². The van der Waals surface area contributed by atoms with Crippen LogP contribution in [-0.4, -0.2) is 117 Å². The molecule has 4 aromatic heterocycles. The summed E-state index contributed by atoms with van der Waals surface area (Å²) < 4.78 is 0. The molecule has 1 aliphatic rings. The third-order valence-electron chi connectivity index (χ3n) is 14.7. The quantitative estimate of drug-likeness (QED) is 0.0430. The highest BCUT2D eigenvalue weighted by Gasteiger charge is 2.25. The summed E-state index contributed by atoms with van der Waals surface area (Å²) in [5, 5.41) is 5.46. The van der Waals surface area contributed by atoms with Crippen molar-refractivity contribution in [1.29, 1.82) is 0 Å². The van der Waals surface area contributed by atoms with Crippen molar-refractivity contribution < 1.29 is 0 Å². The van der Waals surface area contributed by atoms with Crippen LogP contribution in [-0.2, 0) is 25.7 Å². The summed E-state index contributed by atoms with van der Waals surface area (Å²) in [7, 11) is 0. The van der Waals surface area contributed by atoms with Crippen molar-refractivity contribution in [2.45, 2.75) is 125 Å². The first-order chi connectivity index (χ1) is 35.9. The molecule has 0 atom stereocenters. The van der Waals surface area contributed by atoms with Gasteiger partial charge in [0.25, 0.3) is 0 Å². The highest BCUT2D eigenvalue weighted by atomic mass is 15.2. The van der Waals surface area contributed by atoms with Crippen molar-refractivity contribution >= 4 is 43.6 Å². The molecule has 0 radical (unpaired) electrons. The number of hydrogen-bond donors (Lipinski definition) is 4. The molecule has 0 amide bonds. The number of rotatable bonds is 25. The smallest absolute Gasteiger partial charge is 0.0456 e. The summed E-state index contributed by atoms with van der Waals surface area (Å²) in [5.41, 5.74) is 10.7. The van der Waals surface area contributed by atoms with E-state index in [4.69, 9.17) is 0 Å². The molecule has 1 saturated carbocycles. The number of H-pyrrole nitrogens is 4. The van der Waals surface area contributed by atoms with Gasteiger partial charge < -0.3 is 29.7 Å². The Morgan fingerprint density at radius 3 is 1.15 bits per heavy atom. The number of benzene rings is 4. The molecule has 0 spiro atoms. The lowest BCUT2D eigenvalue weighted by atomic mass is 10.1. The molecule has 8 nitrogen and oxygen atoms in total. The van der Waals surface area contributed by atoms with Gasteiger partial charge in [-0.2, -0.15) is 0 Å². The molecule has 0 aliphatic heterocycles. The van der Waals surface area contributed by atoms with Crippen LogP contribution < -0.4 is 0 Å². The van der Waals surface area contributed by atoms with E-state index in [0.717, 1.165) is 76.8 Å². The minimum atomic E-state index is 0.563. The van der Waals surface area contributed by atoms with E-state index in [0.29, 0.717) is 18.1 Å². The van der Waals surface area contributed by atoms with Crippen LogP contribution in [0.4, 0.5) is 0 Å². The SMILES string of the molecule is C=CCN(CCC)CCc1c[nH]c2ccccc12.C=CCN(CCc1c[nH]c2ccccc12)C(C)C.CC(C)CN(CCc1c[nH]c2ccccc12)C(C)C.CC(C)N(CCc1c[nH]c2ccccc12)CC1CC1. The molecule has 8 heteroatoms. The predicted octanol–water partition coefficient (Wildman–Crippen LogP) is 15.1. The zero-order chi connectivity index (χ0) is 52.8. The normalized spacial score (nSPS) is 12.7. The fourth-order valence-electron chi connectivity index (χ4n) is 10.2. The van der Waals surface area contributed by atoms with E-state index >= 15 is 0 Å². The van der Waals surface area contributed by atoms with Crippen molar-refractivity contribution in [2.24, 2.45) is 11.8 Å². The van der Waals surface area contributed by atoms with Gasteiger partial charge in [-0.15, -0.1) is 13.2 Å². The number of aromatic amines is 4. The van der Waals surface area contributed by atoms with Crippen LogP contribution >= 0.6 is 0 Å². The monoisotopic (exact) mass is 999 g/mol. The Balaban J connectivity index is 0.000000161. The van der Waals surface area contributed by atoms with Crippen LogP contribution in [0.2, 0.25) is 0 Å². The molecule has 8 aromatic rings. The van der Waals surface area contributed by atoms with E-state index in [-0.39, 0.29) is 0 Å². The zero-order valence-electron chi connectivity index (χ0n) is 47.1. The second kappa shape index (κ2) is 30.0. The molecule has 1 fully saturated rings. The summed E-state index contributed by atoms with van der Waals surface area (Å²) >= 11 is 0. The lowest BCUT2D eigenvalue weighted by molar-refractivity contribution is 0.200. The van der Waals surface area contributed by atoms with Crippen LogP contribution in [0.3, 0.4) is 0 Å². The number of fused-ring (bicyclic) bond motifs is 4. The van der Waals surface area contributed by atoms with Crippen molar-refractivity contribution in [2.75, 3.05) is 58.9 Å². The Morgan fingerprint density at radius 2 is 0.811 bits per heavy atom. The highest BCUT2D eigenvalue weighted by molar-refractivity contribution is 5.85. The lowest BCUT2D eigenvalue weighted by Crippen LogP contribution is -2.35. The minimum Gasteiger partial charge on any atom is -0.361 e. The fourth-order valence-corrected chi connectivity index (χ4v) is 10.2.